The average Bonchev–Trinajstić information content (AvgIpc) is 2.07. The van der Waals surface area contributed by atoms with E-state index in [1.807, 2.05) is 0 Å². The number of aliphatic hydroxyl groups excluding tert-OH is 1. The molecule has 1 N–H and O–H groups in total. The van der Waals surface area contributed by atoms with Crippen molar-refractivity contribution in [2.75, 3.05) is 6.61 Å². The maximum Gasteiger partial charge on any atom is 0.416 e. The molecular weight excluding hydrogens is 192 g/mol. The Morgan fingerprint density at radius 3 is 2.36 bits per heavy atom. The van der Waals surface area contributed by atoms with Crippen LogP contribution in [0, 0.1) is 0 Å². The van der Waals surface area contributed by atoms with E-state index < -0.39 is 11.7 Å². The zero-order chi connectivity index (χ0) is 10.8. The first kappa shape index (κ1) is 11.1. The van der Waals surface area contributed by atoms with Crippen molar-refractivity contribution in [1.82, 2.24) is 0 Å². The van der Waals surface area contributed by atoms with Gasteiger partial charge in [0.2, 0.25) is 0 Å². The summed E-state index contributed by atoms with van der Waals surface area (Å²) in [5.74, 6) is 0. The molecule has 0 heterocycles. The van der Waals surface area contributed by atoms with Crippen LogP contribution in [0.4, 0.5) is 13.2 Å². The Kier molecular flexibility index (Phi) is 3.21. The highest BCUT2D eigenvalue weighted by atomic mass is 19.4. The third-order valence-corrected chi connectivity index (χ3v) is 1.85. The van der Waals surface area contributed by atoms with E-state index in [0.717, 1.165) is 12.1 Å². The minimum absolute atomic E-state index is 0.0638. The van der Waals surface area contributed by atoms with Crippen LogP contribution in [0.2, 0.25) is 0 Å². The van der Waals surface area contributed by atoms with E-state index in [0.29, 0.717) is 5.56 Å². The number of aliphatic hydroxyl groups is 1. The molecule has 0 unspecified atom stereocenters. The smallest absolute Gasteiger partial charge is 0.396 e. The molecular formula is C9H8BF3O. The Balaban J connectivity index is 3.01. The molecule has 5 heteroatoms. The minimum Gasteiger partial charge on any atom is -0.396 e. The third kappa shape index (κ3) is 2.51. The third-order valence-electron chi connectivity index (χ3n) is 1.85. The van der Waals surface area contributed by atoms with E-state index in [1.165, 1.54) is 6.07 Å². The maximum atomic E-state index is 12.2. The van der Waals surface area contributed by atoms with Gasteiger partial charge in [-0.1, -0.05) is 23.2 Å². The predicted octanol–water partition coefficient (Wildman–Crippen LogP) is 1.03. The van der Waals surface area contributed by atoms with Crippen LogP contribution in [0.25, 0.3) is 0 Å². The summed E-state index contributed by atoms with van der Waals surface area (Å²) in [5, 5.41) is 8.60. The number of alkyl halides is 3. The molecule has 0 aliphatic heterocycles. The van der Waals surface area contributed by atoms with Crippen molar-refractivity contribution < 1.29 is 18.3 Å². The van der Waals surface area contributed by atoms with Crippen LogP contribution in [0.1, 0.15) is 11.1 Å². The summed E-state index contributed by atoms with van der Waals surface area (Å²) in [5.41, 5.74) is -0.175. The van der Waals surface area contributed by atoms with Gasteiger partial charge in [0.15, 0.2) is 0 Å². The normalized spacial score (nSPS) is 11.7. The molecule has 0 aliphatic rings. The summed E-state index contributed by atoms with van der Waals surface area (Å²) >= 11 is 0. The lowest BCUT2D eigenvalue weighted by molar-refractivity contribution is -0.137. The van der Waals surface area contributed by atoms with Crippen molar-refractivity contribution in [2.24, 2.45) is 0 Å². The van der Waals surface area contributed by atoms with Gasteiger partial charge in [-0.05, 0) is 12.5 Å². The number of hydrogen-bond acceptors (Lipinski definition) is 1. The van der Waals surface area contributed by atoms with Crippen LogP contribution in [0.5, 0.6) is 0 Å². The molecule has 0 amide bonds. The van der Waals surface area contributed by atoms with Crippen molar-refractivity contribution in [3.05, 3.63) is 29.3 Å². The minimum atomic E-state index is -4.37. The molecule has 0 atom stereocenters. The van der Waals surface area contributed by atoms with Crippen LogP contribution >= 0.6 is 0 Å². The molecule has 74 valence electrons. The van der Waals surface area contributed by atoms with Gasteiger partial charge in [-0.3, -0.25) is 0 Å². The number of benzene rings is 1. The van der Waals surface area contributed by atoms with E-state index in [9.17, 15) is 13.2 Å². The lowest BCUT2D eigenvalue weighted by Gasteiger charge is -2.10. The zero-order valence-corrected chi connectivity index (χ0v) is 7.30. The van der Waals surface area contributed by atoms with Gasteiger partial charge in [-0.2, -0.15) is 13.2 Å². The standard InChI is InChI=1S/C9H8BF3O/c10-8-5-7(9(11,12)13)2-1-6(8)3-4-14/h1-2,5,14H,3-4H2. The van der Waals surface area contributed by atoms with Crippen molar-refractivity contribution in [3.8, 4) is 0 Å². The van der Waals surface area contributed by atoms with Gasteiger partial charge < -0.3 is 5.11 Å². The number of rotatable bonds is 2. The first-order chi connectivity index (χ1) is 6.45. The Hall–Kier alpha value is -0.965. The molecule has 0 fully saturated rings. The second kappa shape index (κ2) is 4.04. The molecule has 2 radical (unpaired) electrons. The molecule has 0 bridgehead atoms. The lowest BCUT2D eigenvalue weighted by atomic mass is 9.87. The summed E-state index contributed by atoms with van der Waals surface area (Å²) in [6, 6.07) is 3.13. The van der Waals surface area contributed by atoms with Gasteiger partial charge in [0.25, 0.3) is 0 Å². The maximum absolute atomic E-state index is 12.2. The van der Waals surface area contributed by atoms with Gasteiger partial charge in [-0.25, -0.2) is 0 Å². The first-order valence-electron chi connectivity index (χ1n) is 4.01. The summed E-state index contributed by atoms with van der Waals surface area (Å²) in [7, 11) is 5.39. The molecule has 0 saturated heterocycles. The second-order valence-electron chi connectivity index (χ2n) is 2.88. The van der Waals surface area contributed by atoms with Crippen molar-refractivity contribution in [1.29, 1.82) is 0 Å². The molecule has 0 aliphatic carbocycles. The van der Waals surface area contributed by atoms with E-state index in [4.69, 9.17) is 13.0 Å². The molecule has 0 aromatic heterocycles. The molecule has 0 spiro atoms. The van der Waals surface area contributed by atoms with E-state index in [2.05, 4.69) is 0 Å². The predicted molar refractivity (Wildman–Crippen MR) is 47.6 cm³/mol. The Morgan fingerprint density at radius 1 is 1.29 bits per heavy atom. The van der Waals surface area contributed by atoms with Gasteiger partial charge in [-0.15, -0.1) is 0 Å². The second-order valence-corrected chi connectivity index (χ2v) is 2.88. The lowest BCUT2D eigenvalue weighted by Crippen LogP contribution is -2.16. The van der Waals surface area contributed by atoms with Crippen LogP contribution in [-0.4, -0.2) is 19.6 Å². The largest absolute Gasteiger partial charge is 0.416 e. The molecule has 1 nitrogen and oxygen atoms in total. The van der Waals surface area contributed by atoms with E-state index >= 15 is 0 Å². The quantitative estimate of drug-likeness (QED) is 0.707. The van der Waals surface area contributed by atoms with Gasteiger partial charge in [0.1, 0.15) is 7.85 Å². The molecule has 1 aromatic rings. The monoisotopic (exact) mass is 200 g/mol. The SMILES string of the molecule is [B]c1cc(C(F)(F)F)ccc1CCO. The van der Waals surface area contributed by atoms with E-state index in [-0.39, 0.29) is 18.5 Å². The van der Waals surface area contributed by atoms with Gasteiger partial charge >= 0.3 is 6.18 Å². The molecule has 0 saturated carbocycles. The van der Waals surface area contributed by atoms with Gasteiger partial charge in [0, 0.05) is 6.61 Å². The first-order valence-corrected chi connectivity index (χ1v) is 4.01. The summed E-state index contributed by atoms with van der Waals surface area (Å²) in [6.45, 7) is -0.129. The highest BCUT2D eigenvalue weighted by molar-refractivity contribution is 6.33. The molecule has 1 rings (SSSR count). The van der Waals surface area contributed by atoms with Crippen molar-refractivity contribution in [3.63, 3.8) is 0 Å². The fourth-order valence-corrected chi connectivity index (χ4v) is 1.12. The Labute approximate surface area is 81.0 Å². The van der Waals surface area contributed by atoms with Crippen LogP contribution < -0.4 is 5.46 Å². The topological polar surface area (TPSA) is 20.2 Å². The van der Waals surface area contributed by atoms with Crippen molar-refractivity contribution >= 4 is 13.3 Å². The van der Waals surface area contributed by atoms with Crippen molar-refractivity contribution in [2.45, 2.75) is 12.6 Å². The highest BCUT2D eigenvalue weighted by Gasteiger charge is 2.30. The summed E-state index contributed by atoms with van der Waals surface area (Å²) < 4.78 is 36.5. The molecule has 1 aromatic carbocycles. The fourth-order valence-electron chi connectivity index (χ4n) is 1.12. The van der Waals surface area contributed by atoms with Crippen LogP contribution in [-0.2, 0) is 12.6 Å². The highest BCUT2D eigenvalue weighted by Crippen LogP contribution is 2.28. The van der Waals surface area contributed by atoms with Gasteiger partial charge in [0.05, 0.1) is 5.56 Å². The average molecular weight is 200 g/mol. The summed E-state index contributed by atoms with van der Waals surface area (Å²) in [6.07, 6.45) is -4.10. The Morgan fingerprint density at radius 2 is 1.93 bits per heavy atom. The zero-order valence-electron chi connectivity index (χ0n) is 7.30. The fraction of sp³-hybridized carbons (Fsp3) is 0.333. The number of hydrogen-bond donors (Lipinski definition) is 1. The molecule has 14 heavy (non-hydrogen) atoms. The number of halogens is 3. The Bertz CT molecular complexity index is 322. The van der Waals surface area contributed by atoms with Crippen LogP contribution in [0.15, 0.2) is 18.2 Å². The van der Waals surface area contributed by atoms with E-state index in [1.54, 1.807) is 0 Å². The van der Waals surface area contributed by atoms with Crippen LogP contribution in [0.3, 0.4) is 0 Å². The summed E-state index contributed by atoms with van der Waals surface area (Å²) in [4.78, 5) is 0.